The van der Waals surface area contributed by atoms with E-state index in [1.807, 2.05) is 0 Å². The van der Waals surface area contributed by atoms with Crippen molar-refractivity contribution in [1.29, 1.82) is 0 Å². The minimum atomic E-state index is -1.27. The fourth-order valence-electron chi connectivity index (χ4n) is 6.76. The van der Waals surface area contributed by atoms with Crippen LogP contribution in [0.4, 0.5) is 0 Å². The number of aliphatic hydroxyl groups is 4. The van der Waals surface area contributed by atoms with E-state index >= 15 is 0 Å². The lowest BCUT2D eigenvalue weighted by molar-refractivity contribution is -0.132. The van der Waals surface area contributed by atoms with E-state index in [-0.39, 0.29) is 0 Å². The number of hydrogen-bond donors (Lipinski definition) is 5. The molecule has 6 nitrogen and oxygen atoms in total. The Labute approximate surface area is 304 Å². The molecule has 0 spiro atoms. The molecule has 0 saturated heterocycles. The van der Waals surface area contributed by atoms with Crippen LogP contribution < -0.4 is 5.32 Å². The number of amides is 1. The van der Waals surface area contributed by atoms with Crippen LogP contribution in [0.1, 0.15) is 226 Å². The molecule has 0 radical (unpaired) electrons. The van der Waals surface area contributed by atoms with Crippen molar-refractivity contribution >= 4 is 5.91 Å². The zero-order valence-electron chi connectivity index (χ0n) is 32.7. The second kappa shape index (κ2) is 38.3. The molecule has 0 heterocycles. The van der Waals surface area contributed by atoms with E-state index in [9.17, 15) is 25.2 Å². The fourth-order valence-corrected chi connectivity index (χ4v) is 6.76. The first-order valence-electron chi connectivity index (χ1n) is 21.6. The molecule has 6 heteroatoms. The first-order chi connectivity index (χ1) is 24.0. The summed E-state index contributed by atoms with van der Waals surface area (Å²) >= 11 is 0. The number of hydrogen-bond acceptors (Lipinski definition) is 5. The summed E-state index contributed by atoms with van der Waals surface area (Å²) in [6, 6.07) is -0.995. The summed E-state index contributed by atoms with van der Waals surface area (Å²) in [5.41, 5.74) is 0. The first-order valence-corrected chi connectivity index (χ1v) is 21.6. The third-order valence-corrected chi connectivity index (χ3v) is 10.2. The van der Waals surface area contributed by atoms with E-state index in [2.05, 4.69) is 31.3 Å². The number of carbonyl (C=O) groups excluding carboxylic acids is 1. The van der Waals surface area contributed by atoms with Crippen molar-refractivity contribution in [2.45, 2.75) is 250 Å². The lowest BCUT2D eigenvalue weighted by atomic mass is 10.00. The number of unbranched alkanes of at least 4 members (excludes halogenated alkanes) is 28. The Morgan fingerprint density at radius 2 is 0.837 bits per heavy atom. The highest BCUT2D eigenvalue weighted by molar-refractivity contribution is 5.80. The van der Waals surface area contributed by atoms with Gasteiger partial charge in [-0.25, -0.2) is 0 Å². The molecule has 4 unspecified atom stereocenters. The van der Waals surface area contributed by atoms with E-state index in [4.69, 9.17) is 0 Å². The predicted molar refractivity (Wildman–Crippen MR) is 210 cm³/mol. The van der Waals surface area contributed by atoms with Crippen LogP contribution in [0.15, 0.2) is 12.2 Å². The monoisotopic (exact) mass is 696 g/mol. The molecule has 0 aromatic carbocycles. The molecule has 49 heavy (non-hydrogen) atoms. The molecule has 4 atom stereocenters. The van der Waals surface area contributed by atoms with Crippen molar-refractivity contribution in [3.05, 3.63) is 12.2 Å². The molecule has 0 fully saturated rings. The van der Waals surface area contributed by atoms with Gasteiger partial charge in [0.25, 0.3) is 0 Å². The van der Waals surface area contributed by atoms with Gasteiger partial charge in [-0.05, 0) is 38.5 Å². The fraction of sp³-hybridized carbons (Fsp3) is 0.930. The molecular weight excluding hydrogens is 610 g/mol. The minimum absolute atomic E-state index is 0.368. The van der Waals surface area contributed by atoms with Gasteiger partial charge < -0.3 is 25.7 Å². The van der Waals surface area contributed by atoms with E-state index < -0.39 is 36.9 Å². The molecule has 5 N–H and O–H groups in total. The zero-order valence-corrected chi connectivity index (χ0v) is 32.7. The molecule has 0 saturated carbocycles. The van der Waals surface area contributed by atoms with Crippen LogP contribution in [0.3, 0.4) is 0 Å². The molecule has 0 bridgehead atoms. The number of aliphatic hydroxyl groups excluding tert-OH is 4. The minimum Gasteiger partial charge on any atom is -0.394 e. The highest BCUT2D eigenvalue weighted by Crippen LogP contribution is 2.16. The van der Waals surface area contributed by atoms with Crippen molar-refractivity contribution in [2.24, 2.45) is 0 Å². The second-order valence-corrected chi connectivity index (χ2v) is 15.0. The Hall–Kier alpha value is -0.950. The van der Waals surface area contributed by atoms with Crippen molar-refractivity contribution in [2.75, 3.05) is 6.61 Å². The SMILES string of the molecule is CCCCCC/C=C/CCCC(O)C(O)C(CO)NC(=O)C(O)CCCCCCCCCCCCCCCCCCCCCCCCCC. The van der Waals surface area contributed by atoms with Crippen LogP contribution >= 0.6 is 0 Å². The maximum atomic E-state index is 12.5. The summed E-state index contributed by atoms with van der Waals surface area (Å²) in [7, 11) is 0. The lowest BCUT2D eigenvalue weighted by Gasteiger charge is -2.27. The maximum Gasteiger partial charge on any atom is 0.249 e. The van der Waals surface area contributed by atoms with E-state index in [0.29, 0.717) is 12.8 Å². The summed E-state index contributed by atoms with van der Waals surface area (Å²) in [6.45, 7) is 4.00. The van der Waals surface area contributed by atoms with Gasteiger partial charge in [0.1, 0.15) is 12.2 Å². The van der Waals surface area contributed by atoms with Crippen LogP contribution in [-0.4, -0.2) is 57.3 Å². The van der Waals surface area contributed by atoms with Crippen molar-refractivity contribution < 1.29 is 25.2 Å². The predicted octanol–water partition coefficient (Wildman–Crippen LogP) is 11.0. The van der Waals surface area contributed by atoms with Crippen LogP contribution in [0.25, 0.3) is 0 Å². The maximum absolute atomic E-state index is 12.5. The number of allylic oxidation sites excluding steroid dienone is 2. The highest BCUT2D eigenvalue weighted by Gasteiger charge is 2.28. The number of nitrogens with one attached hydrogen (secondary N) is 1. The Kier molecular flexibility index (Phi) is 37.5. The van der Waals surface area contributed by atoms with Crippen molar-refractivity contribution in [3.63, 3.8) is 0 Å². The lowest BCUT2D eigenvalue weighted by Crippen LogP contribution is -2.53. The Balaban J connectivity index is 3.62. The number of rotatable bonds is 39. The largest absolute Gasteiger partial charge is 0.394 e. The van der Waals surface area contributed by atoms with Gasteiger partial charge in [0.2, 0.25) is 5.91 Å². The quantitative estimate of drug-likeness (QED) is 0.0325. The normalized spacial score (nSPS) is 14.3. The first kappa shape index (κ1) is 48.0. The molecule has 0 aromatic heterocycles. The third kappa shape index (κ3) is 32.7. The van der Waals surface area contributed by atoms with Crippen LogP contribution in [0, 0.1) is 0 Å². The molecule has 0 aliphatic heterocycles. The Morgan fingerprint density at radius 1 is 0.490 bits per heavy atom. The van der Waals surface area contributed by atoms with Gasteiger partial charge >= 0.3 is 0 Å². The average molecular weight is 696 g/mol. The van der Waals surface area contributed by atoms with Gasteiger partial charge in [0.05, 0.1) is 18.8 Å². The molecular formula is C43H85NO5. The summed E-state index contributed by atoms with van der Waals surface area (Å²) in [4.78, 5) is 12.5. The molecule has 1 amide bonds. The Bertz CT molecular complexity index is 702. The average Bonchev–Trinajstić information content (AvgIpc) is 3.11. The zero-order chi connectivity index (χ0) is 36.0. The molecule has 0 aromatic rings. The molecule has 292 valence electrons. The topological polar surface area (TPSA) is 110 Å². The summed E-state index contributed by atoms with van der Waals surface area (Å²) in [6.07, 6.45) is 41.2. The third-order valence-electron chi connectivity index (χ3n) is 10.2. The standard InChI is InChI=1S/C43H85NO5/c1-3-5-7-9-11-13-14-15-16-17-18-19-20-21-22-23-24-25-26-27-29-31-33-35-37-41(47)43(49)44-39(38-45)42(48)40(46)36-34-32-30-28-12-10-8-6-4-2/h28,30,39-42,45-48H,3-27,29,31-38H2,1-2H3,(H,44,49)/b30-28+. The van der Waals surface area contributed by atoms with Gasteiger partial charge in [-0.15, -0.1) is 0 Å². The van der Waals surface area contributed by atoms with Crippen LogP contribution in [0.5, 0.6) is 0 Å². The van der Waals surface area contributed by atoms with Crippen LogP contribution in [-0.2, 0) is 4.79 Å². The van der Waals surface area contributed by atoms with Crippen molar-refractivity contribution in [3.8, 4) is 0 Å². The van der Waals surface area contributed by atoms with Gasteiger partial charge in [0.15, 0.2) is 0 Å². The van der Waals surface area contributed by atoms with Crippen LogP contribution in [0.2, 0.25) is 0 Å². The van der Waals surface area contributed by atoms with E-state index in [1.54, 1.807) is 0 Å². The van der Waals surface area contributed by atoms with Gasteiger partial charge in [-0.2, -0.15) is 0 Å². The summed E-state index contributed by atoms with van der Waals surface area (Å²) in [5.74, 6) is -0.592. The van der Waals surface area contributed by atoms with Gasteiger partial charge in [-0.3, -0.25) is 4.79 Å². The van der Waals surface area contributed by atoms with Crippen molar-refractivity contribution in [1.82, 2.24) is 5.32 Å². The second-order valence-electron chi connectivity index (χ2n) is 15.0. The van der Waals surface area contributed by atoms with Gasteiger partial charge in [0, 0.05) is 0 Å². The summed E-state index contributed by atoms with van der Waals surface area (Å²) < 4.78 is 0. The number of carbonyl (C=O) groups is 1. The smallest absolute Gasteiger partial charge is 0.249 e. The molecule has 0 aliphatic rings. The molecule has 0 aliphatic carbocycles. The Morgan fingerprint density at radius 3 is 1.22 bits per heavy atom. The van der Waals surface area contributed by atoms with E-state index in [1.165, 1.54) is 161 Å². The van der Waals surface area contributed by atoms with E-state index in [0.717, 1.165) is 38.5 Å². The highest BCUT2D eigenvalue weighted by atomic mass is 16.3. The summed E-state index contributed by atoms with van der Waals surface area (Å²) in [5, 5.41) is 43.4. The molecule has 0 rings (SSSR count). The van der Waals surface area contributed by atoms with Gasteiger partial charge in [-0.1, -0.05) is 199 Å².